The Bertz CT molecular complexity index is 388. The average Bonchev–Trinajstić information content (AvgIpc) is 2.33. The second kappa shape index (κ2) is 5.44. The highest BCUT2D eigenvalue weighted by atomic mass is 32.2. The zero-order chi connectivity index (χ0) is 13.2. The molecule has 0 aromatic carbocycles. The van der Waals surface area contributed by atoms with Crippen molar-refractivity contribution in [2.75, 3.05) is 24.6 Å². The van der Waals surface area contributed by atoms with Crippen LogP contribution in [0.3, 0.4) is 0 Å². The quantitative estimate of drug-likeness (QED) is 0.723. The Labute approximate surface area is 108 Å². The monoisotopic (exact) mass is 275 g/mol. The van der Waals surface area contributed by atoms with Gasteiger partial charge in [0.25, 0.3) is 0 Å². The van der Waals surface area contributed by atoms with Crippen molar-refractivity contribution in [3.05, 3.63) is 0 Å². The van der Waals surface area contributed by atoms with Gasteiger partial charge in [0.1, 0.15) is 9.84 Å². The number of amides is 2. The van der Waals surface area contributed by atoms with Gasteiger partial charge in [-0.3, -0.25) is 0 Å². The maximum Gasteiger partial charge on any atom is 0.314 e. The average molecular weight is 275 g/mol. The van der Waals surface area contributed by atoms with E-state index in [0.717, 1.165) is 12.8 Å². The van der Waals surface area contributed by atoms with Gasteiger partial charge in [0, 0.05) is 25.2 Å². The van der Waals surface area contributed by atoms with Crippen molar-refractivity contribution in [3.8, 4) is 0 Å². The molecule has 0 bridgehead atoms. The van der Waals surface area contributed by atoms with Gasteiger partial charge in [-0.2, -0.15) is 0 Å². The van der Waals surface area contributed by atoms with Crippen LogP contribution in [0.4, 0.5) is 4.79 Å². The summed E-state index contributed by atoms with van der Waals surface area (Å²) in [5, 5.41) is 3.51. The van der Waals surface area contributed by atoms with Crippen LogP contribution in [0.1, 0.15) is 25.7 Å². The number of primary amides is 1. The highest BCUT2D eigenvalue weighted by Gasteiger charge is 2.27. The lowest BCUT2D eigenvalue weighted by Crippen LogP contribution is -2.50. The Morgan fingerprint density at radius 2 is 1.56 bits per heavy atom. The van der Waals surface area contributed by atoms with Gasteiger partial charge in [-0.05, 0) is 25.7 Å². The SMILES string of the molecule is NC(=O)N1CCC(NC2CCS(=O)(=O)CC2)CC1. The maximum atomic E-state index is 11.3. The number of carbonyl (C=O) groups is 1. The summed E-state index contributed by atoms with van der Waals surface area (Å²) in [7, 11) is -2.79. The van der Waals surface area contributed by atoms with Crippen LogP contribution < -0.4 is 11.1 Å². The molecule has 2 fully saturated rings. The Morgan fingerprint density at radius 3 is 2.06 bits per heavy atom. The molecule has 0 aliphatic carbocycles. The zero-order valence-corrected chi connectivity index (χ0v) is 11.3. The van der Waals surface area contributed by atoms with E-state index in [1.807, 2.05) is 0 Å². The van der Waals surface area contributed by atoms with Gasteiger partial charge in [0.2, 0.25) is 0 Å². The molecule has 0 atom stereocenters. The third kappa shape index (κ3) is 3.58. The molecule has 2 heterocycles. The van der Waals surface area contributed by atoms with E-state index in [1.165, 1.54) is 0 Å². The number of nitrogens with one attached hydrogen (secondary N) is 1. The second-order valence-corrected chi connectivity index (χ2v) is 7.50. The summed E-state index contributed by atoms with van der Waals surface area (Å²) >= 11 is 0. The highest BCUT2D eigenvalue weighted by Crippen LogP contribution is 2.16. The first kappa shape index (κ1) is 13.6. The number of nitrogens with zero attached hydrogens (tertiary/aromatic N) is 1. The molecule has 18 heavy (non-hydrogen) atoms. The first-order chi connectivity index (χ1) is 8.46. The minimum absolute atomic E-state index is 0.296. The molecule has 3 N–H and O–H groups in total. The summed E-state index contributed by atoms with van der Waals surface area (Å²) in [6, 6.07) is 0.335. The predicted molar refractivity (Wildman–Crippen MR) is 69.0 cm³/mol. The molecule has 2 saturated heterocycles. The van der Waals surface area contributed by atoms with E-state index in [1.54, 1.807) is 4.90 Å². The molecule has 2 aliphatic rings. The van der Waals surface area contributed by atoms with Crippen molar-refractivity contribution in [1.82, 2.24) is 10.2 Å². The molecule has 0 unspecified atom stereocenters. The molecule has 6 nitrogen and oxygen atoms in total. The van der Waals surface area contributed by atoms with Crippen molar-refractivity contribution >= 4 is 15.9 Å². The molecule has 0 aromatic heterocycles. The molecule has 2 amide bonds. The van der Waals surface area contributed by atoms with E-state index in [2.05, 4.69) is 5.32 Å². The van der Waals surface area contributed by atoms with E-state index in [0.29, 0.717) is 49.5 Å². The fourth-order valence-corrected chi connectivity index (χ4v) is 4.15. The first-order valence-electron chi connectivity index (χ1n) is 6.47. The van der Waals surface area contributed by atoms with Gasteiger partial charge in [-0.1, -0.05) is 0 Å². The van der Waals surface area contributed by atoms with E-state index in [9.17, 15) is 13.2 Å². The van der Waals surface area contributed by atoms with Crippen LogP contribution >= 0.6 is 0 Å². The van der Waals surface area contributed by atoms with Gasteiger partial charge >= 0.3 is 6.03 Å². The summed E-state index contributed by atoms with van der Waals surface area (Å²) in [6.45, 7) is 1.38. The number of rotatable bonds is 2. The predicted octanol–water partition coefficient (Wildman–Crippen LogP) is -0.304. The summed E-state index contributed by atoms with van der Waals surface area (Å²) in [5.41, 5.74) is 5.23. The lowest BCUT2D eigenvalue weighted by molar-refractivity contribution is 0.181. The van der Waals surface area contributed by atoms with Crippen LogP contribution in [0.5, 0.6) is 0 Å². The molecule has 104 valence electrons. The van der Waals surface area contributed by atoms with Gasteiger partial charge < -0.3 is 16.0 Å². The summed E-state index contributed by atoms with van der Waals surface area (Å²) in [6.07, 6.45) is 3.20. The molecule has 2 aliphatic heterocycles. The molecule has 0 saturated carbocycles. The molecule has 0 spiro atoms. The molecular weight excluding hydrogens is 254 g/mol. The number of sulfone groups is 1. The Kier molecular flexibility index (Phi) is 4.11. The molecule has 0 aromatic rings. The number of hydrogen-bond acceptors (Lipinski definition) is 4. The van der Waals surface area contributed by atoms with Crippen molar-refractivity contribution in [3.63, 3.8) is 0 Å². The lowest BCUT2D eigenvalue weighted by atomic mass is 10.0. The smallest absolute Gasteiger partial charge is 0.314 e. The number of urea groups is 1. The lowest BCUT2D eigenvalue weighted by Gasteiger charge is -2.34. The third-order valence-corrected chi connectivity index (χ3v) is 5.55. The normalized spacial score (nSPS) is 26.1. The van der Waals surface area contributed by atoms with Gasteiger partial charge in [-0.15, -0.1) is 0 Å². The van der Waals surface area contributed by atoms with Crippen LogP contribution in [0.2, 0.25) is 0 Å². The highest BCUT2D eigenvalue weighted by molar-refractivity contribution is 7.91. The van der Waals surface area contributed by atoms with E-state index in [-0.39, 0.29) is 6.03 Å². The van der Waals surface area contributed by atoms with E-state index >= 15 is 0 Å². The topological polar surface area (TPSA) is 92.5 Å². The fraction of sp³-hybridized carbons (Fsp3) is 0.909. The Balaban J connectivity index is 1.74. The second-order valence-electron chi connectivity index (χ2n) is 5.19. The van der Waals surface area contributed by atoms with Gasteiger partial charge in [0.15, 0.2) is 0 Å². The minimum atomic E-state index is -2.79. The number of piperidine rings is 1. The van der Waals surface area contributed by atoms with Crippen molar-refractivity contribution in [2.45, 2.75) is 37.8 Å². The molecule has 7 heteroatoms. The van der Waals surface area contributed by atoms with E-state index in [4.69, 9.17) is 5.73 Å². The minimum Gasteiger partial charge on any atom is -0.351 e. The first-order valence-corrected chi connectivity index (χ1v) is 8.29. The summed E-state index contributed by atoms with van der Waals surface area (Å²) in [4.78, 5) is 12.6. The van der Waals surface area contributed by atoms with Crippen LogP contribution in [-0.2, 0) is 9.84 Å². The number of nitrogens with two attached hydrogens (primary N) is 1. The third-order valence-electron chi connectivity index (χ3n) is 3.83. The van der Waals surface area contributed by atoms with Crippen LogP contribution in [0.25, 0.3) is 0 Å². The molecule has 0 radical (unpaired) electrons. The van der Waals surface area contributed by atoms with Crippen LogP contribution in [0.15, 0.2) is 0 Å². The Hall–Kier alpha value is -0.820. The van der Waals surface area contributed by atoms with Gasteiger partial charge in [-0.25, -0.2) is 13.2 Å². The Morgan fingerprint density at radius 1 is 1.06 bits per heavy atom. The van der Waals surface area contributed by atoms with Crippen molar-refractivity contribution in [1.29, 1.82) is 0 Å². The zero-order valence-electron chi connectivity index (χ0n) is 10.5. The molecular formula is C11H21N3O3S. The van der Waals surface area contributed by atoms with Crippen LogP contribution in [0, 0.1) is 0 Å². The maximum absolute atomic E-state index is 11.3. The summed E-state index contributed by atoms with van der Waals surface area (Å²) < 4.78 is 22.6. The number of hydrogen-bond donors (Lipinski definition) is 2. The van der Waals surface area contributed by atoms with Gasteiger partial charge in [0.05, 0.1) is 11.5 Å². The van der Waals surface area contributed by atoms with E-state index < -0.39 is 9.84 Å². The number of carbonyl (C=O) groups excluding carboxylic acids is 1. The molecule has 2 rings (SSSR count). The standard InChI is InChI=1S/C11H21N3O3S/c12-11(15)14-5-1-9(2-6-14)13-10-3-7-18(16,17)8-4-10/h9-10,13H,1-8H2,(H2,12,15). The summed E-state index contributed by atoms with van der Waals surface area (Å²) in [5.74, 6) is 0.593. The van der Waals surface area contributed by atoms with Crippen molar-refractivity contribution < 1.29 is 13.2 Å². The fourth-order valence-electron chi connectivity index (χ4n) is 2.66. The largest absolute Gasteiger partial charge is 0.351 e. The van der Waals surface area contributed by atoms with Crippen molar-refractivity contribution in [2.24, 2.45) is 5.73 Å². The van der Waals surface area contributed by atoms with Crippen LogP contribution in [-0.4, -0.2) is 56.0 Å². The number of likely N-dealkylation sites (tertiary alicyclic amines) is 1.